The number of hydrogen-bond acceptors (Lipinski definition) is 4. The Morgan fingerprint density at radius 1 is 0.895 bits per heavy atom. The van der Waals surface area contributed by atoms with Gasteiger partial charge in [-0.15, -0.1) is 0 Å². The molecule has 2 aromatic rings. The molecule has 0 spiro atoms. The van der Waals surface area contributed by atoms with Crippen molar-refractivity contribution in [3.8, 4) is 17.2 Å². The van der Waals surface area contributed by atoms with Crippen molar-refractivity contribution in [1.29, 1.82) is 0 Å². The minimum Gasteiger partial charge on any atom is -0.508 e. The zero-order chi connectivity index (χ0) is 14.3. The van der Waals surface area contributed by atoms with Gasteiger partial charge in [0.2, 0.25) is 0 Å². The van der Waals surface area contributed by atoms with Crippen LogP contribution in [-0.4, -0.2) is 20.4 Å². The zero-order valence-corrected chi connectivity index (χ0v) is 10.7. The second-order valence-electron chi connectivity index (χ2n) is 3.97. The van der Waals surface area contributed by atoms with E-state index in [0.717, 1.165) is 0 Å². The third-order valence-corrected chi connectivity index (χ3v) is 2.55. The molecule has 0 saturated heterocycles. The molecule has 0 aromatic heterocycles. The van der Waals surface area contributed by atoms with Gasteiger partial charge >= 0.3 is 0 Å². The fourth-order valence-corrected chi connectivity index (χ4v) is 1.47. The zero-order valence-electron chi connectivity index (χ0n) is 10.7. The van der Waals surface area contributed by atoms with Gasteiger partial charge in [0.1, 0.15) is 5.75 Å². The van der Waals surface area contributed by atoms with Gasteiger partial charge in [-0.3, -0.25) is 0 Å². The van der Waals surface area contributed by atoms with Crippen LogP contribution in [-0.2, 0) is 0 Å². The first-order valence-electron chi connectivity index (χ1n) is 5.99. The summed E-state index contributed by atoms with van der Waals surface area (Å²) in [6.07, 6.45) is -0.200. The molecule has 0 aliphatic rings. The second kappa shape index (κ2) is 7.28. The summed E-state index contributed by atoms with van der Waals surface area (Å²) < 4.78 is 0. The highest BCUT2D eigenvalue weighted by atomic mass is 16.3. The number of phenols is 3. The summed E-state index contributed by atoms with van der Waals surface area (Å²) in [7, 11) is 0. The van der Waals surface area contributed by atoms with Crippen LogP contribution in [0.5, 0.6) is 17.2 Å². The molecule has 4 N–H and O–H groups in total. The van der Waals surface area contributed by atoms with Gasteiger partial charge in [-0.1, -0.05) is 37.3 Å². The SMILES string of the molecule is CCC(O)c1cccc(O)c1O.Oc1ccccc1. The van der Waals surface area contributed by atoms with E-state index >= 15 is 0 Å². The molecule has 2 aromatic carbocycles. The van der Waals surface area contributed by atoms with E-state index in [2.05, 4.69) is 0 Å². The number of aliphatic hydroxyl groups is 1. The molecule has 0 heterocycles. The molecule has 102 valence electrons. The first-order valence-corrected chi connectivity index (χ1v) is 5.99. The van der Waals surface area contributed by atoms with Gasteiger partial charge in [0.15, 0.2) is 11.5 Å². The van der Waals surface area contributed by atoms with Gasteiger partial charge in [-0.2, -0.15) is 0 Å². The van der Waals surface area contributed by atoms with E-state index in [9.17, 15) is 10.2 Å². The normalized spacial score (nSPS) is 11.3. The Kier molecular flexibility index (Phi) is 5.70. The summed E-state index contributed by atoms with van der Waals surface area (Å²) in [4.78, 5) is 0. The van der Waals surface area contributed by atoms with Crippen molar-refractivity contribution in [2.75, 3.05) is 0 Å². The summed E-state index contributed by atoms with van der Waals surface area (Å²) in [5, 5.41) is 36.4. The Labute approximate surface area is 112 Å². The lowest BCUT2D eigenvalue weighted by Crippen LogP contribution is -1.94. The molecular formula is C15H18O4. The standard InChI is InChI=1S/C9H12O3.C6H6O/c1-2-7(10)6-4-3-5-8(11)9(6)12;7-6-4-2-1-3-5-6/h3-5,7,10-12H,2H2,1H3;1-5,7H. The van der Waals surface area contributed by atoms with E-state index in [4.69, 9.17) is 10.2 Å². The highest BCUT2D eigenvalue weighted by molar-refractivity contribution is 5.45. The number of hydrogen-bond donors (Lipinski definition) is 4. The summed E-state index contributed by atoms with van der Waals surface area (Å²) in [6, 6.07) is 13.3. The number of rotatable bonds is 2. The molecule has 0 bridgehead atoms. The molecule has 0 fully saturated rings. The van der Waals surface area contributed by atoms with Gasteiger partial charge in [0, 0.05) is 5.56 Å². The molecule has 1 atom stereocenters. The monoisotopic (exact) mass is 262 g/mol. The lowest BCUT2D eigenvalue weighted by Gasteiger charge is -2.10. The Morgan fingerprint density at radius 2 is 1.53 bits per heavy atom. The van der Waals surface area contributed by atoms with Gasteiger partial charge in [-0.25, -0.2) is 0 Å². The maximum atomic E-state index is 9.36. The van der Waals surface area contributed by atoms with Crippen molar-refractivity contribution in [3.05, 3.63) is 54.1 Å². The van der Waals surface area contributed by atoms with Crippen molar-refractivity contribution in [3.63, 3.8) is 0 Å². The lowest BCUT2D eigenvalue weighted by molar-refractivity contribution is 0.169. The largest absolute Gasteiger partial charge is 0.508 e. The Hall–Kier alpha value is -2.20. The highest BCUT2D eigenvalue weighted by Gasteiger charge is 2.12. The molecule has 0 amide bonds. The summed E-state index contributed by atoms with van der Waals surface area (Å²) in [5.41, 5.74) is 0.373. The average molecular weight is 262 g/mol. The van der Waals surface area contributed by atoms with Crippen molar-refractivity contribution in [2.24, 2.45) is 0 Å². The molecule has 4 nitrogen and oxygen atoms in total. The first kappa shape index (κ1) is 14.9. The topological polar surface area (TPSA) is 80.9 Å². The number of aliphatic hydroxyl groups excluding tert-OH is 1. The van der Waals surface area contributed by atoms with Crippen LogP contribution in [0.4, 0.5) is 0 Å². The molecule has 1 unspecified atom stereocenters. The molecule has 0 aliphatic carbocycles. The van der Waals surface area contributed by atoms with Crippen LogP contribution < -0.4 is 0 Å². The van der Waals surface area contributed by atoms with Crippen molar-refractivity contribution in [2.45, 2.75) is 19.4 Å². The van der Waals surface area contributed by atoms with Crippen LogP contribution >= 0.6 is 0 Å². The summed E-state index contributed by atoms with van der Waals surface area (Å²) in [6.45, 7) is 1.80. The third kappa shape index (κ3) is 4.52. The van der Waals surface area contributed by atoms with Gasteiger partial charge in [0.25, 0.3) is 0 Å². The average Bonchev–Trinajstić information content (AvgIpc) is 2.42. The molecular weight excluding hydrogens is 244 g/mol. The maximum absolute atomic E-state index is 9.36. The fourth-order valence-electron chi connectivity index (χ4n) is 1.47. The molecule has 0 aliphatic heterocycles. The second-order valence-corrected chi connectivity index (χ2v) is 3.97. The van der Waals surface area contributed by atoms with Gasteiger partial charge in [0.05, 0.1) is 6.10 Å². The lowest BCUT2D eigenvalue weighted by atomic mass is 10.1. The third-order valence-electron chi connectivity index (χ3n) is 2.55. The van der Waals surface area contributed by atoms with E-state index in [1.165, 1.54) is 6.07 Å². The predicted octanol–water partition coefficient (Wildman–Crippen LogP) is 2.93. The van der Waals surface area contributed by atoms with Crippen LogP contribution in [0, 0.1) is 0 Å². The number of aromatic hydroxyl groups is 3. The molecule has 19 heavy (non-hydrogen) atoms. The van der Waals surface area contributed by atoms with Crippen LogP contribution in [0.1, 0.15) is 25.0 Å². The minimum atomic E-state index is -0.711. The van der Waals surface area contributed by atoms with Crippen molar-refractivity contribution >= 4 is 0 Å². The molecule has 0 saturated carbocycles. The van der Waals surface area contributed by atoms with E-state index in [1.807, 2.05) is 6.07 Å². The van der Waals surface area contributed by atoms with Gasteiger partial charge < -0.3 is 20.4 Å². The summed E-state index contributed by atoms with van der Waals surface area (Å²) >= 11 is 0. The molecule has 0 radical (unpaired) electrons. The van der Waals surface area contributed by atoms with Gasteiger partial charge in [-0.05, 0) is 24.6 Å². The van der Waals surface area contributed by atoms with Crippen molar-refractivity contribution < 1.29 is 20.4 Å². The molecule has 2 rings (SSSR count). The number of phenolic OH excluding ortho intramolecular Hbond substituents is 3. The number of benzene rings is 2. The number of para-hydroxylation sites is 2. The van der Waals surface area contributed by atoms with Crippen LogP contribution in [0.3, 0.4) is 0 Å². The fraction of sp³-hybridized carbons (Fsp3) is 0.200. The van der Waals surface area contributed by atoms with Crippen LogP contribution in [0.2, 0.25) is 0 Å². The highest BCUT2D eigenvalue weighted by Crippen LogP contribution is 2.33. The predicted molar refractivity (Wildman–Crippen MR) is 73.1 cm³/mol. The Bertz CT molecular complexity index is 497. The Balaban J connectivity index is 0.000000218. The van der Waals surface area contributed by atoms with E-state index in [-0.39, 0.29) is 11.5 Å². The smallest absolute Gasteiger partial charge is 0.163 e. The quantitative estimate of drug-likeness (QED) is 0.627. The molecule has 4 heteroatoms. The van der Waals surface area contributed by atoms with E-state index in [0.29, 0.717) is 17.7 Å². The van der Waals surface area contributed by atoms with Crippen LogP contribution in [0.25, 0.3) is 0 Å². The Morgan fingerprint density at radius 3 is 2.00 bits per heavy atom. The van der Waals surface area contributed by atoms with Crippen LogP contribution in [0.15, 0.2) is 48.5 Å². The van der Waals surface area contributed by atoms with Crippen molar-refractivity contribution in [1.82, 2.24) is 0 Å². The first-order chi connectivity index (χ1) is 9.06. The van der Waals surface area contributed by atoms with E-state index in [1.54, 1.807) is 43.3 Å². The maximum Gasteiger partial charge on any atom is 0.163 e. The summed E-state index contributed by atoms with van der Waals surface area (Å²) in [5.74, 6) is -0.102. The minimum absolute atomic E-state index is 0.194. The van der Waals surface area contributed by atoms with E-state index < -0.39 is 6.10 Å².